The van der Waals surface area contributed by atoms with Gasteiger partial charge < -0.3 is 19.1 Å². The molecule has 2 aromatic carbocycles. The fourth-order valence-electron chi connectivity index (χ4n) is 3.12. The summed E-state index contributed by atoms with van der Waals surface area (Å²) in [5, 5.41) is 0. The third-order valence-electron chi connectivity index (χ3n) is 4.70. The second kappa shape index (κ2) is 11.6. The first-order chi connectivity index (χ1) is 16.7. The Bertz CT molecular complexity index is 1280. The van der Waals surface area contributed by atoms with Crippen molar-refractivity contribution in [3.63, 3.8) is 0 Å². The SMILES string of the molecule is COc1ccc(OCCOS(C)(=O)=O)c(CN(C(C)=O)c2cccnc2Oc2ccccc2F)c1. The molecule has 1 aromatic heterocycles. The van der Waals surface area contributed by atoms with Crippen LogP contribution in [0.2, 0.25) is 0 Å². The average Bonchev–Trinajstić information content (AvgIpc) is 2.82. The summed E-state index contributed by atoms with van der Waals surface area (Å²) in [6.45, 7) is 1.19. The molecule has 3 aromatic rings. The molecule has 0 N–H and O–H groups in total. The Balaban J connectivity index is 1.90. The van der Waals surface area contributed by atoms with Gasteiger partial charge in [-0.15, -0.1) is 0 Å². The zero-order chi connectivity index (χ0) is 25.4. The first kappa shape index (κ1) is 25.9. The number of aromatic nitrogens is 1. The molecule has 0 aliphatic rings. The average molecular weight is 505 g/mol. The highest BCUT2D eigenvalue weighted by Crippen LogP contribution is 2.34. The van der Waals surface area contributed by atoms with Crippen molar-refractivity contribution in [2.45, 2.75) is 13.5 Å². The van der Waals surface area contributed by atoms with Crippen LogP contribution in [-0.2, 0) is 25.6 Å². The normalized spacial score (nSPS) is 11.1. The van der Waals surface area contributed by atoms with Gasteiger partial charge in [-0.25, -0.2) is 9.37 Å². The van der Waals surface area contributed by atoms with E-state index in [9.17, 15) is 17.6 Å². The molecular formula is C24H25FN2O7S. The second-order valence-corrected chi connectivity index (χ2v) is 8.96. The van der Waals surface area contributed by atoms with Crippen LogP contribution in [0.25, 0.3) is 0 Å². The number of hydrogen-bond donors (Lipinski definition) is 0. The van der Waals surface area contributed by atoms with Crippen LogP contribution in [0.4, 0.5) is 10.1 Å². The highest BCUT2D eigenvalue weighted by Gasteiger charge is 2.21. The lowest BCUT2D eigenvalue weighted by atomic mass is 10.1. The number of benzene rings is 2. The lowest BCUT2D eigenvalue weighted by Gasteiger charge is -2.24. The number of methoxy groups -OCH3 is 1. The maximum absolute atomic E-state index is 14.2. The van der Waals surface area contributed by atoms with Gasteiger partial charge in [0.15, 0.2) is 11.6 Å². The standard InChI is InChI=1S/C24H25FN2O7S/c1-17(28)27(21-8-6-12-26-24(21)34-23-9-5-4-7-20(23)25)16-18-15-19(31-2)10-11-22(18)32-13-14-33-35(3,29)30/h4-12,15H,13-14,16H2,1-3H3. The fraction of sp³-hybridized carbons (Fsp3) is 0.250. The fourth-order valence-corrected chi connectivity index (χ4v) is 3.49. The first-order valence-electron chi connectivity index (χ1n) is 10.5. The van der Waals surface area contributed by atoms with Crippen LogP contribution < -0.4 is 19.1 Å². The number of halogens is 1. The lowest BCUT2D eigenvalue weighted by molar-refractivity contribution is -0.116. The quantitative estimate of drug-likeness (QED) is 0.286. The molecule has 0 spiro atoms. The van der Waals surface area contributed by atoms with E-state index in [0.29, 0.717) is 22.7 Å². The summed E-state index contributed by atoms with van der Waals surface area (Å²) in [6, 6.07) is 14.1. The van der Waals surface area contributed by atoms with Crippen molar-refractivity contribution in [2.24, 2.45) is 0 Å². The van der Waals surface area contributed by atoms with Gasteiger partial charge in [-0.05, 0) is 42.5 Å². The molecule has 0 unspecified atom stereocenters. The van der Waals surface area contributed by atoms with Crippen molar-refractivity contribution in [3.05, 3.63) is 72.2 Å². The Labute approximate surface area is 203 Å². The van der Waals surface area contributed by atoms with Crippen molar-refractivity contribution in [3.8, 4) is 23.1 Å². The summed E-state index contributed by atoms with van der Waals surface area (Å²) in [6.07, 6.45) is 2.42. The number of pyridine rings is 1. The van der Waals surface area contributed by atoms with Crippen molar-refractivity contribution in [2.75, 3.05) is 31.5 Å². The van der Waals surface area contributed by atoms with Gasteiger partial charge in [-0.3, -0.25) is 8.98 Å². The number of para-hydroxylation sites is 1. The van der Waals surface area contributed by atoms with E-state index in [1.807, 2.05) is 0 Å². The number of rotatable bonds is 11. The maximum Gasteiger partial charge on any atom is 0.264 e. The third kappa shape index (κ3) is 7.39. The van der Waals surface area contributed by atoms with Gasteiger partial charge in [-0.1, -0.05) is 12.1 Å². The van der Waals surface area contributed by atoms with Crippen molar-refractivity contribution >= 4 is 21.7 Å². The Hall–Kier alpha value is -3.70. The van der Waals surface area contributed by atoms with E-state index in [1.165, 1.54) is 43.3 Å². The highest BCUT2D eigenvalue weighted by molar-refractivity contribution is 7.85. The minimum absolute atomic E-state index is 0.0350. The maximum atomic E-state index is 14.2. The van der Waals surface area contributed by atoms with Crippen LogP contribution in [0.3, 0.4) is 0 Å². The predicted octanol–water partition coefficient (Wildman–Crippen LogP) is 3.93. The molecule has 3 rings (SSSR count). The Morgan fingerprint density at radius 2 is 1.83 bits per heavy atom. The van der Waals surface area contributed by atoms with Crippen molar-refractivity contribution in [1.82, 2.24) is 4.98 Å². The molecule has 9 nitrogen and oxygen atoms in total. The van der Waals surface area contributed by atoms with Crippen LogP contribution in [0.5, 0.6) is 23.1 Å². The number of carbonyl (C=O) groups excluding carboxylic acids is 1. The summed E-state index contributed by atoms with van der Waals surface area (Å²) < 4.78 is 57.9. The zero-order valence-corrected chi connectivity index (χ0v) is 20.2. The molecule has 0 fully saturated rings. The van der Waals surface area contributed by atoms with E-state index in [0.717, 1.165) is 6.26 Å². The lowest BCUT2D eigenvalue weighted by Crippen LogP contribution is -2.28. The minimum atomic E-state index is -3.60. The molecule has 0 aliphatic carbocycles. The monoisotopic (exact) mass is 504 g/mol. The molecule has 0 aliphatic heterocycles. The van der Waals surface area contributed by atoms with Gasteiger partial charge in [0.2, 0.25) is 11.8 Å². The molecule has 0 saturated carbocycles. The van der Waals surface area contributed by atoms with Gasteiger partial charge in [0.1, 0.15) is 30.4 Å². The van der Waals surface area contributed by atoms with E-state index >= 15 is 0 Å². The molecule has 11 heteroatoms. The predicted molar refractivity (Wildman–Crippen MR) is 127 cm³/mol. The van der Waals surface area contributed by atoms with Gasteiger partial charge in [0.05, 0.1) is 19.9 Å². The number of carbonyl (C=O) groups is 1. The smallest absolute Gasteiger partial charge is 0.264 e. The number of amides is 1. The number of anilines is 1. The molecule has 0 bridgehead atoms. The summed E-state index contributed by atoms with van der Waals surface area (Å²) in [4.78, 5) is 18.3. The summed E-state index contributed by atoms with van der Waals surface area (Å²) >= 11 is 0. The zero-order valence-electron chi connectivity index (χ0n) is 19.4. The summed E-state index contributed by atoms with van der Waals surface area (Å²) in [5.41, 5.74) is 0.886. The summed E-state index contributed by atoms with van der Waals surface area (Å²) in [7, 11) is -2.10. The molecule has 186 valence electrons. The van der Waals surface area contributed by atoms with Crippen molar-refractivity contribution < 1.29 is 36.0 Å². The van der Waals surface area contributed by atoms with Gasteiger partial charge in [-0.2, -0.15) is 8.42 Å². The molecule has 0 atom stereocenters. The van der Waals surface area contributed by atoms with E-state index in [2.05, 4.69) is 4.98 Å². The number of nitrogens with zero attached hydrogens (tertiary/aromatic N) is 2. The number of hydrogen-bond acceptors (Lipinski definition) is 8. The Morgan fingerprint density at radius 3 is 2.51 bits per heavy atom. The van der Waals surface area contributed by atoms with Gasteiger partial charge in [0, 0.05) is 18.7 Å². The molecule has 1 heterocycles. The van der Waals surface area contributed by atoms with Crippen LogP contribution >= 0.6 is 0 Å². The first-order valence-corrected chi connectivity index (χ1v) is 12.3. The Morgan fingerprint density at radius 1 is 1.06 bits per heavy atom. The molecule has 0 radical (unpaired) electrons. The van der Waals surface area contributed by atoms with E-state index in [1.54, 1.807) is 36.4 Å². The van der Waals surface area contributed by atoms with Crippen molar-refractivity contribution in [1.29, 1.82) is 0 Å². The highest BCUT2D eigenvalue weighted by atomic mass is 32.2. The van der Waals surface area contributed by atoms with Gasteiger partial charge in [0.25, 0.3) is 10.1 Å². The Kier molecular flexibility index (Phi) is 8.61. The van der Waals surface area contributed by atoms with E-state index in [-0.39, 0.29) is 37.3 Å². The summed E-state index contributed by atoms with van der Waals surface area (Å²) in [5.74, 6) is 0.0302. The van der Waals surface area contributed by atoms with Crippen LogP contribution in [0, 0.1) is 5.82 Å². The molecule has 0 saturated heterocycles. The second-order valence-electron chi connectivity index (χ2n) is 7.31. The third-order valence-corrected chi connectivity index (χ3v) is 5.29. The minimum Gasteiger partial charge on any atom is -0.497 e. The largest absolute Gasteiger partial charge is 0.497 e. The molecule has 35 heavy (non-hydrogen) atoms. The van der Waals surface area contributed by atoms with Gasteiger partial charge >= 0.3 is 0 Å². The number of ether oxygens (including phenoxy) is 3. The van der Waals surface area contributed by atoms with E-state index < -0.39 is 15.9 Å². The van der Waals surface area contributed by atoms with Crippen LogP contribution in [0.15, 0.2) is 60.8 Å². The van der Waals surface area contributed by atoms with Crippen LogP contribution in [-0.4, -0.2) is 45.9 Å². The molecule has 1 amide bonds. The van der Waals surface area contributed by atoms with E-state index in [4.69, 9.17) is 18.4 Å². The topological polar surface area (TPSA) is 104 Å². The van der Waals surface area contributed by atoms with Crippen LogP contribution in [0.1, 0.15) is 12.5 Å². The molecular weight excluding hydrogens is 479 g/mol.